The summed E-state index contributed by atoms with van der Waals surface area (Å²) in [5.41, 5.74) is 5.75. The van der Waals surface area contributed by atoms with Crippen molar-refractivity contribution in [1.82, 2.24) is 9.55 Å². The summed E-state index contributed by atoms with van der Waals surface area (Å²) >= 11 is 1.55. The molecule has 0 fully saturated rings. The SMILES string of the molecule is CCc1ccc(/C=C2\CCn3c2nc2scc(-c4ccccc4)c2c3=O)cc1. The number of hydrogen-bond acceptors (Lipinski definition) is 3. The maximum Gasteiger partial charge on any atom is 0.263 e. The van der Waals surface area contributed by atoms with Crippen molar-refractivity contribution in [3.8, 4) is 11.1 Å². The Hall–Kier alpha value is -2.98. The highest BCUT2D eigenvalue weighted by Crippen LogP contribution is 2.34. The van der Waals surface area contributed by atoms with Crippen LogP contribution in [0.4, 0.5) is 0 Å². The van der Waals surface area contributed by atoms with E-state index < -0.39 is 0 Å². The van der Waals surface area contributed by atoms with Gasteiger partial charge >= 0.3 is 0 Å². The molecule has 0 unspecified atom stereocenters. The number of hydrogen-bond donors (Lipinski definition) is 0. The maximum atomic E-state index is 13.3. The molecule has 4 heteroatoms. The standard InChI is InChI=1S/C24H20N2OS/c1-2-16-8-10-17(11-9-16)14-19-12-13-26-22(19)25-23-21(24(26)27)20(15-28-23)18-6-4-3-5-7-18/h3-11,14-15H,2,12-13H2,1H3/b19-14+. The predicted molar refractivity (Wildman–Crippen MR) is 118 cm³/mol. The lowest BCUT2D eigenvalue weighted by molar-refractivity contribution is 0.726. The molecular formula is C24H20N2OS. The topological polar surface area (TPSA) is 34.9 Å². The Kier molecular flexibility index (Phi) is 4.21. The van der Waals surface area contributed by atoms with Gasteiger partial charge in [0.1, 0.15) is 10.7 Å². The summed E-state index contributed by atoms with van der Waals surface area (Å²) in [5.74, 6) is 0.818. The number of aromatic nitrogens is 2. The molecule has 1 aliphatic rings. The number of nitrogens with zero attached hydrogens (tertiary/aromatic N) is 2. The zero-order valence-electron chi connectivity index (χ0n) is 15.7. The van der Waals surface area contributed by atoms with Crippen molar-refractivity contribution in [3.05, 3.63) is 87.3 Å². The predicted octanol–water partition coefficient (Wildman–Crippen LogP) is 5.63. The van der Waals surface area contributed by atoms with E-state index in [1.165, 1.54) is 5.56 Å². The maximum absolute atomic E-state index is 13.3. The van der Waals surface area contributed by atoms with Crippen molar-refractivity contribution in [2.75, 3.05) is 0 Å². The molecule has 28 heavy (non-hydrogen) atoms. The average molecular weight is 385 g/mol. The monoisotopic (exact) mass is 384 g/mol. The van der Waals surface area contributed by atoms with Crippen molar-refractivity contribution in [2.24, 2.45) is 0 Å². The molecule has 0 aliphatic carbocycles. The Morgan fingerprint density at radius 3 is 2.64 bits per heavy atom. The van der Waals surface area contributed by atoms with Gasteiger partial charge in [-0.1, -0.05) is 61.5 Å². The van der Waals surface area contributed by atoms with E-state index in [0.717, 1.165) is 51.1 Å². The zero-order valence-corrected chi connectivity index (χ0v) is 16.5. The van der Waals surface area contributed by atoms with Gasteiger partial charge in [-0.2, -0.15) is 0 Å². The second kappa shape index (κ2) is 6.88. The van der Waals surface area contributed by atoms with E-state index in [4.69, 9.17) is 4.98 Å². The van der Waals surface area contributed by atoms with Crippen molar-refractivity contribution in [2.45, 2.75) is 26.3 Å². The van der Waals surface area contributed by atoms with Crippen molar-refractivity contribution in [3.63, 3.8) is 0 Å². The Labute approximate surface area is 167 Å². The van der Waals surface area contributed by atoms with E-state index in [2.05, 4.69) is 42.6 Å². The third kappa shape index (κ3) is 2.81. The second-order valence-electron chi connectivity index (χ2n) is 7.10. The first-order valence-electron chi connectivity index (χ1n) is 9.62. The normalized spacial score (nSPS) is 14.7. The molecule has 0 N–H and O–H groups in total. The van der Waals surface area contributed by atoms with Crippen LogP contribution in [0.2, 0.25) is 0 Å². The van der Waals surface area contributed by atoms with Gasteiger partial charge in [0.2, 0.25) is 0 Å². The van der Waals surface area contributed by atoms with E-state index in [9.17, 15) is 4.79 Å². The number of thiophene rings is 1. The highest BCUT2D eigenvalue weighted by Gasteiger charge is 2.23. The van der Waals surface area contributed by atoms with E-state index in [0.29, 0.717) is 6.54 Å². The Bertz CT molecular complexity index is 1250. The highest BCUT2D eigenvalue weighted by molar-refractivity contribution is 7.17. The van der Waals surface area contributed by atoms with Crippen LogP contribution in [0, 0.1) is 0 Å². The molecule has 138 valence electrons. The summed E-state index contributed by atoms with van der Waals surface area (Å²) in [7, 11) is 0. The Balaban J connectivity index is 1.62. The quantitative estimate of drug-likeness (QED) is 0.459. The lowest BCUT2D eigenvalue weighted by Crippen LogP contribution is -2.20. The fourth-order valence-corrected chi connectivity index (χ4v) is 4.78. The van der Waals surface area contributed by atoms with E-state index in [1.807, 2.05) is 34.9 Å². The van der Waals surface area contributed by atoms with Gasteiger partial charge in [0.15, 0.2) is 0 Å². The van der Waals surface area contributed by atoms with Crippen LogP contribution in [0.1, 0.15) is 30.3 Å². The molecule has 5 rings (SSSR count). The van der Waals surface area contributed by atoms with Crippen LogP contribution in [0.25, 0.3) is 33.0 Å². The van der Waals surface area contributed by atoms with Gasteiger partial charge in [-0.05, 0) is 41.2 Å². The molecule has 2 aromatic carbocycles. The van der Waals surface area contributed by atoms with Crippen LogP contribution in [-0.2, 0) is 13.0 Å². The molecule has 0 saturated carbocycles. The summed E-state index contributed by atoms with van der Waals surface area (Å²) < 4.78 is 1.84. The summed E-state index contributed by atoms with van der Waals surface area (Å²) in [4.78, 5) is 19.0. The van der Waals surface area contributed by atoms with Crippen molar-refractivity contribution in [1.29, 1.82) is 0 Å². The third-order valence-electron chi connectivity index (χ3n) is 5.40. The lowest BCUT2D eigenvalue weighted by atomic mass is 10.1. The van der Waals surface area contributed by atoms with Crippen LogP contribution in [0.15, 0.2) is 64.8 Å². The third-order valence-corrected chi connectivity index (χ3v) is 6.27. The lowest BCUT2D eigenvalue weighted by Gasteiger charge is -2.05. The van der Waals surface area contributed by atoms with Gasteiger partial charge in [-0.3, -0.25) is 9.36 Å². The Morgan fingerprint density at radius 1 is 1.11 bits per heavy atom. The van der Waals surface area contributed by atoms with Gasteiger partial charge in [-0.25, -0.2) is 4.98 Å². The van der Waals surface area contributed by atoms with Crippen LogP contribution >= 0.6 is 11.3 Å². The van der Waals surface area contributed by atoms with E-state index in [-0.39, 0.29) is 5.56 Å². The zero-order chi connectivity index (χ0) is 19.1. The Morgan fingerprint density at radius 2 is 1.89 bits per heavy atom. The minimum absolute atomic E-state index is 0.0739. The molecule has 1 aliphatic heterocycles. The molecule has 0 spiro atoms. The first kappa shape index (κ1) is 17.1. The number of aryl methyl sites for hydroxylation is 1. The molecule has 4 aromatic rings. The van der Waals surface area contributed by atoms with Crippen LogP contribution in [-0.4, -0.2) is 9.55 Å². The molecule has 0 amide bonds. The van der Waals surface area contributed by atoms with Gasteiger partial charge in [0, 0.05) is 17.5 Å². The number of fused-ring (bicyclic) bond motifs is 2. The van der Waals surface area contributed by atoms with E-state index >= 15 is 0 Å². The molecule has 2 aromatic heterocycles. The smallest absolute Gasteiger partial charge is 0.263 e. The molecule has 3 nitrogen and oxygen atoms in total. The highest BCUT2D eigenvalue weighted by atomic mass is 32.1. The van der Waals surface area contributed by atoms with Gasteiger partial charge in [0.25, 0.3) is 5.56 Å². The number of allylic oxidation sites excluding steroid dienone is 1. The first-order valence-corrected chi connectivity index (χ1v) is 10.5. The fraction of sp³-hybridized carbons (Fsp3) is 0.167. The number of rotatable bonds is 3. The second-order valence-corrected chi connectivity index (χ2v) is 7.96. The minimum atomic E-state index is 0.0739. The van der Waals surface area contributed by atoms with Crippen molar-refractivity contribution < 1.29 is 0 Å². The van der Waals surface area contributed by atoms with Crippen LogP contribution < -0.4 is 5.56 Å². The number of benzene rings is 2. The molecule has 0 atom stereocenters. The van der Waals surface area contributed by atoms with Gasteiger partial charge in [-0.15, -0.1) is 11.3 Å². The summed E-state index contributed by atoms with van der Waals surface area (Å²) in [5, 5.41) is 2.80. The first-order chi connectivity index (χ1) is 13.7. The van der Waals surface area contributed by atoms with E-state index in [1.54, 1.807) is 11.3 Å². The fourth-order valence-electron chi connectivity index (χ4n) is 3.84. The molecule has 0 radical (unpaired) electrons. The largest absolute Gasteiger partial charge is 0.292 e. The molecule has 0 bridgehead atoms. The summed E-state index contributed by atoms with van der Waals surface area (Å²) in [6.45, 7) is 2.85. The summed E-state index contributed by atoms with van der Waals surface area (Å²) in [6.07, 6.45) is 4.05. The van der Waals surface area contributed by atoms with Crippen LogP contribution in [0.5, 0.6) is 0 Å². The molecule has 3 heterocycles. The molecule has 0 saturated heterocycles. The summed E-state index contributed by atoms with van der Waals surface area (Å²) in [6, 6.07) is 18.7. The minimum Gasteiger partial charge on any atom is -0.292 e. The molecular weight excluding hydrogens is 364 g/mol. The average Bonchev–Trinajstić information content (AvgIpc) is 3.35. The van der Waals surface area contributed by atoms with Crippen molar-refractivity contribution >= 4 is 33.2 Å². The van der Waals surface area contributed by atoms with Crippen LogP contribution in [0.3, 0.4) is 0 Å². The van der Waals surface area contributed by atoms with Gasteiger partial charge < -0.3 is 0 Å². The van der Waals surface area contributed by atoms with Gasteiger partial charge in [0.05, 0.1) is 5.39 Å².